The maximum absolute atomic E-state index is 12.9. The molecule has 0 atom stereocenters. The third kappa shape index (κ3) is 5.56. The van der Waals surface area contributed by atoms with E-state index in [1.54, 1.807) is 13.0 Å². The second-order valence-corrected chi connectivity index (χ2v) is 2.88. The summed E-state index contributed by atoms with van der Waals surface area (Å²) in [7, 11) is 0. The molecule has 0 aliphatic carbocycles. The van der Waals surface area contributed by atoms with E-state index in [2.05, 4.69) is 0 Å². The van der Waals surface area contributed by atoms with Crippen molar-refractivity contribution < 1.29 is 4.39 Å². The molecule has 0 aliphatic rings. The number of benzene rings is 1. The predicted octanol–water partition coefficient (Wildman–Crippen LogP) is 5.06. The molecule has 0 nitrogen and oxygen atoms in total. The van der Waals surface area contributed by atoms with E-state index in [4.69, 9.17) is 0 Å². The summed E-state index contributed by atoms with van der Waals surface area (Å²) in [6.45, 7) is 13.9. The second kappa shape index (κ2) is 9.70. The van der Waals surface area contributed by atoms with Gasteiger partial charge < -0.3 is 0 Å². The summed E-state index contributed by atoms with van der Waals surface area (Å²) in [5.41, 5.74) is 3.03. The van der Waals surface area contributed by atoms with Gasteiger partial charge in [0, 0.05) is 0 Å². The van der Waals surface area contributed by atoms with Crippen LogP contribution in [0.1, 0.15) is 51.3 Å². The summed E-state index contributed by atoms with van der Waals surface area (Å²) in [5.74, 6) is -0.0903. The predicted molar refractivity (Wildman–Crippen MR) is 67.9 cm³/mol. The molecule has 0 bridgehead atoms. The number of aryl methyl sites for hydroxylation is 3. The SMILES string of the molecule is CC.CC.CCc1cc(F)c(C)cc1C. The van der Waals surface area contributed by atoms with E-state index in [9.17, 15) is 4.39 Å². The van der Waals surface area contributed by atoms with Crippen LogP contribution in [0.4, 0.5) is 4.39 Å². The first-order chi connectivity index (χ1) is 7.15. The first kappa shape index (κ1) is 16.6. The van der Waals surface area contributed by atoms with Gasteiger partial charge in [-0.05, 0) is 43.0 Å². The van der Waals surface area contributed by atoms with E-state index in [-0.39, 0.29) is 5.82 Å². The van der Waals surface area contributed by atoms with Crippen LogP contribution >= 0.6 is 0 Å². The van der Waals surface area contributed by atoms with Gasteiger partial charge in [0.1, 0.15) is 5.82 Å². The molecule has 15 heavy (non-hydrogen) atoms. The van der Waals surface area contributed by atoms with Crippen LogP contribution in [-0.4, -0.2) is 0 Å². The molecule has 0 spiro atoms. The molecule has 0 aromatic heterocycles. The van der Waals surface area contributed by atoms with Crippen LogP contribution in [0, 0.1) is 19.7 Å². The molecule has 1 aromatic rings. The zero-order valence-electron chi connectivity index (χ0n) is 11.2. The average molecular weight is 212 g/mol. The van der Waals surface area contributed by atoms with E-state index < -0.39 is 0 Å². The first-order valence-corrected chi connectivity index (χ1v) is 5.90. The van der Waals surface area contributed by atoms with Crippen molar-refractivity contribution in [3.05, 3.63) is 34.6 Å². The molecule has 1 aromatic carbocycles. The van der Waals surface area contributed by atoms with Gasteiger partial charge in [0.05, 0.1) is 0 Å². The molecule has 88 valence electrons. The third-order valence-corrected chi connectivity index (χ3v) is 2.00. The third-order valence-electron chi connectivity index (χ3n) is 2.00. The number of hydrogen-bond acceptors (Lipinski definition) is 0. The molecule has 0 N–H and O–H groups in total. The van der Waals surface area contributed by atoms with Crippen LogP contribution in [-0.2, 0) is 6.42 Å². The van der Waals surface area contributed by atoms with Crippen molar-refractivity contribution in [3.63, 3.8) is 0 Å². The van der Waals surface area contributed by atoms with Gasteiger partial charge in [0.15, 0.2) is 0 Å². The van der Waals surface area contributed by atoms with Crippen LogP contribution in [0.2, 0.25) is 0 Å². The highest BCUT2D eigenvalue weighted by Crippen LogP contribution is 2.14. The average Bonchev–Trinajstić information content (AvgIpc) is 2.29. The lowest BCUT2D eigenvalue weighted by atomic mass is 10.0. The molecule has 0 saturated heterocycles. The maximum atomic E-state index is 12.9. The largest absolute Gasteiger partial charge is 0.207 e. The van der Waals surface area contributed by atoms with Gasteiger partial charge >= 0.3 is 0 Å². The van der Waals surface area contributed by atoms with Crippen molar-refractivity contribution in [3.8, 4) is 0 Å². The molecule has 0 unspecified atom stereocenters. The smallest absolute Gasteiger partial charge is 0.126 e. The summed E-state index contributed by atoms with van der Waals surface area (Å²) >= 11 is 0. The second-order valence-electron chi connectivity index (χ2n) is 2.88. The zero-order chi connectivity index (χ0) is 12.4. The van der Waals surface area contributed by atoms with Gasteiger partial charge in [-0.1, -0.05) is 40.7 Å². The van der Waals surface area contributed by atoms with Crippen molar-refractivity contribution in [2.24, 2.45) is 0 Å². The zero-order valence-corrected chi connectivity index (χ0v) is 11.2. The van der Waals surface area contributed by atoms with Crippen LogP contribution in [0.3, 0.4) is 0 Å². The van der Waals surface area contributed by atoms with Gasteiger partial charge in [0.25, 0.3) is 0 Å². The summed E-state index contributed by atoms with van der Waals surface area (Å²) in [5, 5.41) is 0. The molecular formula is C14H25F. The van der Waals surface area contributed by atoms with Crippen LogP contribution < -0.4 is 0 Å². The Morgan fingerprint density at radius 1 is 0.933 bits per heavy atom. The first-order valence-electron chi connectivity index (χ1n) is 5.90. The monoisotopic (exact) mass is 212 g/mol. The lowest BCUT2D eigenvalue weighted by molar-refractivity contribution is 0.615. The minimum atomic E-state index is -0.0903. The van der Waals surface area contributed by atoms with E-state index in [1.165, 1.54) is 5.56 Å². The minimum absolute atomic E-state index is 0.0903. The van der Waals surface area contributed by atoms with Crippen molar-refractivity contribution in [2.75, 3.05) is 0 Å². The summed E-state index contributed by atoms with van der Waals surface area (Å²) in [6.07, 6.45) is 0.906. The molecule has 0 radical (unpaired) electrons. The number of hydrogen-bond donors (Lipinski definition) is 0. The number of rotatable bonds is 1. The van der Waals surface area contributed by atoms with Gasteiger partial charge in [0.2, 0.25) is 0 Å². The Kier molecular flexibility index (Phi) is 10.7. The van der Waals surface area contributed by atoms with E-state index in [0.717, 1.165) is 17.5 Å². The molecule has 1 heteroatoms. The lowest BCUT2D eigenvalue weighted by Gasteiger charge is -2.04. The van der Waals surface area contributed by atoms with E-state index in [0.29, 0.717) is 0 Å². The fourth-order valence-electron chi connectivity index (χ4n) is 1.25. The fraction of sp³-hybridized carbons (Fsp3) is 0.571. The molecule has 1 rings (SSSR count). The Balaban J connectivity index is 0. The molecule has 0 amide bonds. The lowest BCUT2D eigenvalue weighted by Crippen LogP contribution is -1.91. The maximum Gasteiger partial charge on any atom is 0.126 e. The van der Waals surface area contributed by atoms with Gasteiger partial charge in [-0.3, -0.25) is 0 Å². The summed E-state index contributed by atoms with van der Waals surface area (Å²) in [6, 6.07) is 3.53. The molecule has 0 saturated carbocycles. The Labute approximate surface area is 94.5 Å². The Bertz CT molecular complexity index is 264. The fourth-order valence-corrected chi connectivity index (χ4v) is 1.25. The van der Waals surface area contributed by atoms with Crippen molar-refractivity contribution in [1.29, 1.82) is 0 Å². The van der Waals surface area contributed by atoms with E-state index >= 15 is 0 Å². The van der Waals surface area contributed by atoms with Gasteiger partial charge in [-0.25, -0.2) is 4.39 Å². The Morgan fingerprint density at radius 3 is 1.80 bits per heavy atom. The highest BCUT2D eigenvalue weighted by Gasteiger charge is 2.01. The van der Waals surface area contributed by atoms with Crippen molar-refractivity contribution in [2.45, 2.75) is 54.9 Å². The van der Waals surface area contributed by atoms with Crippen LogP contribution in [0.5, 0.6) is 0 Å². The standard InChI is InChI=1S/C10H13F.2C2H6/c1-4-9-6-10(11)8(3)5-7(9)2;2*1-2/h5-6H,4H2,1-3H3;2*1-2H3. The number of halogens is 1. The molecule has 0 aliphatic heterocycles. The summed E-state index contributed by atoms with van der Waals surface area (Å²) in [4.78, 5) is 0. The minimum Gasteiger partial charge on any atom is -0.207 e. The Hall–Kier alpha value is -0.850. The molecule has 0 heterocycles. The Morgan fingerprint density at radius 2 is 1.40 bits per heavy atom. The van der Waals surface area contributed by atoms with Crippen LogP contribution in [0.15, 0.2) is 12.1 Å². The highest BCUT2D eigenvalue weighted by atomic mass is 19.1. The van der Waals surface area contributed by atoms with Crippen molar-refractivity contribution >= 4 is 0 Å². The van der Waals surface area contributed by atoms with Gasteiger partial charge in [-0.15, -0.1) is 0 Å². The molecule has 0 fully saturated rings. The van der Waals surface area contributed by atoms with Gasteiger partial charge in [-0.2, -0.15) is 0 Å². The normalized spacial score (nSPS) is 8.27. The molecular weight excluding hydrogens is 187 g/mol. The quantitative estimate of drug-likeness (QED) is 0.610. The van der Waals surface area contributed by atoms with Crippen molar-refractivity contribution in [1.82, 2.24) is 0 Å². The highest BCUT2D eigenvalue weighted by molar-refractivity contribution is 5.31. The summed E-state index contributed by atoms with van der Waals surface area (Å²) < 4.78 is 12.9. The topological polar surface area (TPSA) is 0 Å². The van der Waals surface area contributed by atoms with E-state index in [1.807, 2.05) is 47.6 Å². The van der Waals surface area contributed by atoms with Crippen LogP contribution in [0.25, 0.3) is 0 Å².